The van der Waals surface area contributed by atoms with Crippen molar-refractivity contribution in [2.24, 2.45) is 0 Å². The van der Waals surface area contributed by atoms with Gasteiger partial charge >= 0.3 is 0 Å². The summed E-state index contributed by atoms with van der Waals surface area (Å²) in [6, 6.07) is 14.2. The number of rotatable bonds is 2. The highest BCUT2D eigenvalue weighted by atomic mass is 35.5. The number of fused-ring (bicyclic) bond motifs is 1. The molecule has 2 aliphatic rings. The minimum atomic E-state index is -0.685. The van der Waals surface area contributed by atoms with E-state index >= 15 is 0 Å². The fourth-order valence-corrected chi connectivity index (χ4v) is 3.45. The number of carbonyl (C=O) groups is 3. The van der Waals surface area contributed by atoms with E-state index in [-0.39, 0.29) is 22.8 Å². The molecule has 3 amide bonds. The summed E-state index contributed by atoms with van der Waals surface area (Å²) in [6.45, 7) is 0.283. The van der Waals surface area contributed by atoms with E-state index in [1.807, 2.05) is 12.1 Å². The number of amides is 3. The van der Waals surface area contributed by atoms with Crippen molar-refractivity contribution in [1.29, 1.82) is 0 Å². The SMILES string of the molecule is O=C1NC(=S)NC(=O)C1=C1C(=O)N(Cc2ccc(Cl)cc2)c2ccccc21. The molecule has 0 aromatic heterocycles. The van der Waals surface area contributed by atoms with Crippen LogP contribution in [-0.2, 0) is 20.9 Å². The first-order valence-electron chi connectivity index (χ1n) is 8.02. The maximum Gasteiger partial charge on any atom is 0.263 e. The van der Waals surface area contributed by atoms with Gasteiger partial charge in [-0.25, -0.2) is 0 Å². The van der Waals surface area contributed by atoms with Gasteiger partial charge in [0, 0.05) is 10.6 Å². The molecule has 0 spiro atoms. The second-order valence-electron chi connectivity index (χ2n) is 6.02. The monoisotopic (exact) mass is 397 g/mol. The fourth-order valence-electron chi connectivity index (χ4n) is 3.14. The van der Waals surface area contributed by atoms with Crippen LogP contribution >= 0.6 is 23.8 Å². The van der Waals surface area contributed by atoms with Gasteiger partial charge < -0.3 is 4.90 Å². The van der Waals surface area contributed by atoms with Crippen LogP contribution < -0.4 is 15.5 Å². The number of hydrogen-bond acceptors (Lipinski definition) is 4. The number of para-hydroxylation sites is 1. The van der Waals surface area contributed by atoms with E-state index in [9.17, 15) is 14.4 Å². The Kier molecular flexibility index (Phi) is 4.25. The summed E-state index contributed by atoms with van der Waals surface area (Å²) in [5, 5.41) is 5.27. The number of nitrogens with zero attached hydrogens (tertiary/aromatic N) is 1. The Morgan fingerprint density at radius 2 is 1.52 bits per heavy atom. The Bertz CT molecular complexity index is 1020. The van der Waals surface area contributed by atoms with Gasteiger partial charge in [-0.05, 0) is 36.0 Å². The quantitative estimate of drug-likeness (QED) is 0.462. The zero-order valence-electron chi connectivity index (χ0n) is 13.8. The molecule has 6 nitrogen and oxygen atoms in total. The first kappa shape index (κ1) is 17.4. The summed E-state index contributed by atoms with van der Waals surface area (Å²) >= 11 is 10.7. The lowest BCUT2D eigenvalue weighted by molar-refractivity contribution is -0.124. The van der Waals surface area contributed by atoms with Crippen LogP contribution in [0.5, 0.6) is 0 Å². The lowest BCUT2D eigenvalue weighted by Crippen LogP contribution is -2.52. The van der Waals surface area contributed by atoms with Gasteiger partial charge in [-0.15, -0.1) is 0 Å². The highest BCUT2D eigenvalue weighted by Gasteiger charge is 2.40. The topological polar surface area (TPSA) is 78.5 Å². The van der Waals surface area contributed by atoms with Gasteiger partial charge in [0.05, 0.1) is 17.8 Å². The number of anilines is 1. The van der Waals surface area contributed by atoms with Crippen molar-refractivity contribution in [2.45, 2.75) is 6.54 Å². The molecular formula is C19H12ClN3O3S. The molecule has 8 heteroatoms. The average molecular weight is 398 g/mol. The highest BCUT2D eigenvalue weighted by Crippen LogP contribution is 2.39. The molecule has 0 unspecified atom stereocenters. The summed E-state index contributed by atoms with van der Waals surface area (Å²) < 4.78 is 0. The third kappa shape index (κ3) is 3.01. The first-order valence-corrected chi connectivity index (χ1v) is 8.81. The second-order valence-corrected chi connectivity index (χ2v) is 6.87. The molecule has 0 bridgehead atoms. The van der Waals surface area contributed by atoms with E-state index in [1.54, 1.807) is 36.4 Å². The molecule has 0 saturated carbocycles. The number of halogens is 1. The molecule has 2 aliphatic heterocycles. The van der Waals surface area contributed by atoms with E-state index in [1.165, 1.54) is 4.90 Å². The van der Waals surface area contributed by atoms with E-state index in [4.69, 9.17) is 23.8 Å². The van der Waals surface area contributed by atoms with Crippen LogP contribution in [0.25, 0.3) is 5.57 Å². The van der Waals surface area contributed by atoms with Crippen molar-refractivity contribution in [2.75, 3.05) is 4.90 Å². The molecule has 134 valence electrons. The molecule has 2 aromatic carbocycles. The Hall–Kier alpha value is -3.03. The van der Waals surface area contributed by atoms with Crippen molar-refractivity contribution in [1.82, 2.24) is 10.6 Å². The molecular weight excluding hydrogens is 386 g/mol. The number of nitrogens with one attached hydrogen (secondary N) is 2. The minimum Gasteiger partial charge on any atom is -0.303 e. The van der Waals surface area contributed by atoms with Crippen molar-refractivity contribution in [3.8, 4) is 0 Å². The molecule has 0 aliphatic carbocycles. The fraction of sp³-hybridized carbons (Fsp3) is 0.0526. The molecule has 0 atom stereocenters. The maximum atomic E-state index is 13.2. The number of benzene rings is 2. The first-order chi connectivity index (χ1) is 13.0. The Morgan fingerprint density at radius 3 is 2.19 bits per heavy atom. The maximum absolute atomic E-state index is 13.2. The zero-order chi connectivity index (χ0) is 19.1. The van der Waals surface area contributed by atoms with Crippen LogP contribution in [0, 0.1) is 0 Å². The number of carbonyl (C=O) groups excluding carboxylic acids is 3. The predicted octanol–water partition coefficient (Wildman–Crippen LogP) is 2.17. The van der Waals surface area contributed by atoms with Crippen molar-refractivity contribution in [3.05, 3.63) is 70.3 Å². The second kappa shape index (κ2) is 6.61. The summed E-state index contributed by atoms with van der Waals surface area (Å²) in [7, 11) is 0. The lowest BCUT2D eigenvalue weighted by atomic mass is 9.99. The minimum absolute atomic E-state index is 0.0667. The molecule has 4 rings (SSSR count). The molecule has 27 heavy (non-hydrogen) atoms. The van der Waals surface area contributed by atoms with Crippen molar-refractivity contribution < 1.29 is 14.4 Å². The van der Waals surface area contributed by atoms with Crippen LogP contribution in [0.1, 0.15) is 11.1 Å². The van der Waals surface area contributed by atoms with Crippen molar-refractivity contribution >= 4 is 57.9 Å². The summed E-state index contributed by atoms with van der Waals surface area (Å²) in [6.07, 6.45) is 0. The Morgan fingerprint density at radius 1 is 0.889 bits per heavy atom. The molecule has 2 aromatic rings. The van der Waals surface area contributed by atoms with E-state index in [2.05, 4.69) is 10.6 Å². The van der Waals surface area contributed by atoms with E-state index < -0.39 is 17.7 Å². The largest absolute Gasteiger partial charge is 0.303 e. The highest BCUT2D eigenvalue weighted by molar-refractivity contribution is 7.80. The van der Waals surface area contributed by atoms with Crippen LogP contribution in [0.2, 0.25) is 5.02 Å². The summed E-state index contributed by atoms with van der Waals surface area (Å²) in [5.74, 6) is -1.79. The Labute approximate surface area is 164 Å². The van der Waals surface area contributed by atoms with Crippen LogP contribution in [-0.4, -0.2) is 22.8 Å². The normalized spacial score (nSPS) is 16.4. The van der Waals surface area contributed by atoms with Crippen LogP contribution in [0.15, 0.2) is 54.1 Å². The van der Waals surface area contributed by atoms with Gasteiger partial charge in [0.15, 0.2) is 5.11 Å². The van der Waals surface area contributed by atoms with Gasteiger partial charge in [0.1, 0.15) is 5.57 Å². The van der Waals surface area contributed by atoms with Gasteiger partial charge in [-0.3, -0.25) is 25.0 Å². The zero-order valence-corrected chi connectivity index (χ0v) is 15.4. The molecule has 2 heterocycles. The van der Waals surface area contributed by atoms with E-state index in [0.717, 1.165) is 5.56 Å². The van der Waals surface area contributed by atoms with Gasteiger partial charge in [-0.2, -0.15) is 0 Å². The number of hydrogen-bond donors (Lipinski definition) is 2. The summed E-state index contributed by atoms with van der Waals surface area (Å²) in [5.41, 5.74) is 1.86. The molecule has 1 saturated heterocycles. The van der Waals surface area contributed by atoms with Crippen LogP contribution in [0.3, 0.4) is 0 Å². The molecule has 2 N–H and O–H groups in total. The predicted molar refractivity (Wildman–Crippen MR) is 105 cm³/mol. The standard InChI is InChI=1S/C19H12ClN3O3S/c20-11-7-5-10(6-8-11)9-23-13-4-2-1-3-12(13)14(18(23)26)15-16(24)21-19(27)22-17(15)25/h1-8H,9H2,(H2,21,22,24,25,27). The number of thiocarbonyl (C=S) groups is 1. The smallest absolute Gasteiger partial charge is 0.263 e. The average Bonchev–Trinajstić information content (AvgIpc) is 2.89. The Balaban J connectivity index is 1.81. The van der Waals surface area contributed by atoms with Crippen molar-refractivity contribution in [3.63, 3.8) is 0 Å². The third-order valence-corrected chi connectivity index (χ3v) is 4.79. The van der Waals surface area contributed by atoms with E-state index in [0.29, 0.717) is 16.3 Å². The van der Waals surface area contributed by atoms with Crippen LogP contribution in [0.4, 0.5) is 5.69 Å². The van der Waals surface area contributed by atoms with Gasteiger partial charge in [-0.1, -0.05) is 41.9 Å². The lowest BCUT2D eigenvalue weighted by Gasteiger charge is -2.19. The molecule has 1 fully saturated rings. The van der Waals surface area contributed by atoms with Gasteiger partial charge in [0.2, 0.25) is 0 Å². The third-order valence-electron chi connectivity index (χ3n) is 4.34. The summed E-state index contributed by atoms with van der Waals surface area (Å²) in [4.78, 5) is 39.4. The molecule has 0 radical (unpaired) electrons. The van der Waals surface area contributed by atoms with Gasteiger partial charge in [0.25, 0.3) is 17.7 Å².